The second-order valence-corrected chi connectivity index (χ2v) is 5.83. The molecule has 1 aliphatic rings. The van der Waals surface area contributed by atoms with Crippen LogP contribution in [0.15, 0.2) is 36.9 Å². The summed E-state index contributed by atoms with van der Waals surface area (Å²) in [5.41, 5.74) is 2.84. The normalized spacial score (nSPS) is 17.4. The highest BCUT2D eigenvalue weighted by Gasteiger charge is 2.21. The fraction of sp³-hybridized carbons (Fsp3) is 0.438. The molecule has 1 N–H and O–H groups in total. The van der Waals surface area contributed by atoms with Crippen LogP contribution < -0.4 is 5.32 Å². The van der Waals surface area contributed by atoms with E-state index in [4.69, 9.17) is 11.6 Å². The lowest BCUT2D eigenvalue weighted by Gasteiger charge is -2.14. The monoisotopic (exact) mass is 289 g/mol. The van der Waals surface area contributed by atoms with Crippen LogP contribution >= 0.6 is 11.6 Å². The number of benzene rings is 1. The van der Waals surface area contributed by atoms with Crippen LogP contribution in [0, 0.1) is 0 Å². The third-order valence-electron chi connectivity index (χ3n) is 3.98. The van der Waals surface area contributed by atoms with Crippen LogP contribution in [0.1, 0.15) is 36.4 Å². The number of hydrogen-bond acceptors (Lipinski definition) is 2. The van der Waals surface area contributed by atoms with E-state index in [-0.39, 0.29) is 0 Å². The molecule has 0 saturated heterocycles. The van der Waals surface area contributed by atoms with E-state index in [0.29, 0.717) is 6.04 Å². The van der Waals surface area contributed by atoms with Crippen molar-refractivity contribution in [3.05, 3.63) is 53.1 Å². The Balaban J connectivity index is 1.42. The van der Waals surface area contributed by atoms with Gasteiger partial charge >= 0.3 is 0 Å². The van der Waals surface area contributed by atoms with Crippen molar-refractivity contribution >= 4 is 11.6 Å². The molecule has 1 aromatic carbocycles. The molecule has 0 spiro atoms. The minimum atomic E-state index is 0.510. The smallest absolute Gasteiger partial charge is 0.0945 e. The number of rotatable bonds is 6. The highest BCUT2D eigenvalue weighted by molar-refractivity contribution is 6.30. The van der Waals surface area contributed by atoms with E-state index in [1.165, 1.54) is 30.4 Å². The van der Waals surface area contributed by atoms with Crippen LogP contribution in [-0.2, 0) is 13.0 Å². The average molecular weight is 290 g/mol. The molecule has 2 aromatic rings. The molecule has 0 radical (unpaired) electrons. The molecule has 0 saturated carbocycles. The molecule has 1 aromatic heterocycles. The minimum absolute atomic E-state index is 0.510. The summed E-state index contributed by atoms with van der Waals surface area (Å²) >= 11 is 6.04. The molecule has 4 heteroatoms. The Morgan fingerprint density at radius 2 is 2.30 bits per heavy atom. The van der Waals surface area contributed by atoms with Gasteiger partial charge in [-0.3, -0.25) is 0 Å². The van der Waals surface area contributed by atoms with Crippen LogP contribution in [0.4, 0.5) is 0 Å². The zero-order valence-electron chi connectivity index (χ0n) is 11.6. The molecule has 0 aliphatic heterocycles. The van der Waals surface area contributed by atoms with Crippen molar-refractivity contribution in [3.63, 3.8) is 0 Å². The third-order valence-corrected chi connectivity index (χ3v) is 4.21. The second kappa shape index (κ2) is 6.42. The van der Waals surface area contributed by atoms with Crippen molar-refractivity contribution in [1.82, 2.24) is 14.9 Å². The van der Waals surface area contributed by atoms with E-state index in [1.54, 1.807) is 0 Å². The molecular weight excluding hydrogens is 270 g/mol. The van der Waals surface area contributed by atoms with Gasteiger partial charge in [-0.1, -0.05) is 17.7 Å². The number of halogens is 1. The molecule has 3 nitrogen and oxygen atoms in total. The zero-order valence-corrected chi connectivity index (χ0v) is 12.3. The van der Waals surface area contributed by atoms with Gasteiger partial charge in [0.15, 0.2) is 0 Å². The molecule has 0 amide bonds. The van der Waals surface area contributed by atoms with Gasteiger partial charge in [0.05, 0.1) is 6.33 Å². The lowest BCUT2D eigenvalue weighted by Crippen LogP contribution is -2.20. The largest absolute Gasteiger partial charge is 0.337 e. The first kappa shape index (κ1) is 13.7. The Kier molecular flexibility index (Phi) is 4.38. The minimum Gasteiger partial charge on any atom is -0.337 e. The maximum atomic E-state index is 6.04. The average Bonchev–Trinajstić information content (AvgIpc) is 3.08. The van der Waals surface area contributed by atoms with Crippen LogP contribution in [-0.4, -0.2) is 16.1 Å². The lowest BCUT2D eigenvalue weighted by molar-refractivity contribution is 0.498. The van der Waals surface area contributed by atoms with Gasteiger partial charge in [0, 0.05) is 30.0 Å². The predicted octanol–water partition coefficient (Wildman–Crippen LogP) is 3.59. The number of nitrogens with zero attached hydrogens (tertiary/aromatic N) is 2. The van der Waals surface area contributed by atoms with E-state index in [1.807, 2.05) is 24.8 Å². The number of nitrogens with one attached hydrogen (secondary N) is 1. The quantitative estimate of drug-likeness (QED) is 0.824. The standard InChI is InChI=1S/C16H20ClN3/c17-14-4-5-15-13(11-14)3-6-16(15)19-7-1-2-9-20-10-8-18-12-20/h4-5,8,10-12,16,19H,1-3,6-7,9H2. The first-order chi connectivity index (χ1) is 9.83. The molecule has 1 unspecified atom stereocenters. The van der Waals surface area contributed by atoms with E-state index in [2.05, 4.69) is 27.0 Å². The van der Waals surface area contributed by atoms with Crippen LogP contribution in [0.5, 0.6) is 0 Å². The molecule has 106 valence electrons. The number of imidazole rings is 1. The second-order valence-electron chi connectivity index (χ2n) is 5.40. The van der Waals surface area contributed by atoms with E-state index < -0.39 is 0 Å². The molecule has 0 bridgehead atoms. The summed E-state index contributed by atoms with van der Waals surface area (Å²) in [5.74, 6) is 0. The summed E-state index contributed by atoms with van der Waals surface area (Å²) in [4.78, 5) is 4.05. The molecule has 3 rings (SSSR count). The van der Waals surface area contributed by atoms with Crippen LogP contribution in [0.3, 0.4) is 0 Å². The first-order valence-electron chi connectivity index (χ1n) is 7.30. The van der Waals surface area contributed by atoms with Gasteiger partial charge in [-0.05, 0) is 55.5 Å². The molecular formula is C16H20ClN3. The maximum absolute atomic E-state index is 6.04. The third kappa shape index (κ3) is 3.22. The summed E-state index contributed by atoms with van der Waals surface area (Å²) in [6.07, 6.45) is 10.4. The summed E-state index contributed by atoms with van der Waals surface area (Å²) < 4.78 is 2.13. The molecule has 1 atom stereocenters. The van der Waals surface area contributed by atoms with E-state index >= 15 is 0 Å². The molecule has 1 aliphatic carbocycles. The van der Waals surface area contributed by atoms with Crippen LogP contribution in [0.2, 0.25) is 5.02 Å². The molecule has 1 heterocycles. The zero-order chi connectivity index (χ0) is 13.8. The van der Waals surface area contributed by atoms with Crippen molar-refractivity contribution in [2.45, 2.75) is 38.3 Å². The van der Waals surface area contributed by atoms with Gasteiger partial charge in [0.2, 0.25) is 0 Å². The predicted molar refractivity (Wildman–Crippen MR) is 82.0 cm³/mol. The Morgan fingerprint density at radius 1 is 1.35 bits per heavy atom. The van der Waals surface area contributed by atoms with Crippen molar-refractivity contribution in [2.75, 3.05) is 6.54 Å². The van der Waals surface area contributed by atoms with Gasteiger partial charge in [-0.2, -0.15) is 0 Å². The highest BCUT2D eigenvalue weighted by Crippen LogP contribution is 2.32. The van der Waals surface area contributed by atoms with E-state index in [0.717, 1.165) is 24.5 Å². The Hall–Kier alpha value is -1.32. The molecule has 0 fully saturated rings. The Bertz CT molecular complexity index is 551. The maximum Gasteiger partial charge on any atom is 0.0945 e. The van der Waals surface area contributed by atoms with Crippen molar-refractivity contribution < 1.29 is 0 Å². The van der Waals surface area contributed by atoms with Crippen molar-refractivity contribution in [2.24, 2.45) is 0 Å². The number of aryl methyl sites for hydroxylation is 2. The van der Waals surface area contributed by atoms with Crippen LogP contribution in [0.25, 0.3) is 0 Å². The van der Waals surface area contributed by atoms with Gasteiger partial charge in [0.1, 0.15) is 0 Å². The summed E-state index contributed by atoms with van der Waals surface area (Å²) in [5, 5.41) is 4.52. The number of hydrogen-bond donors (Lipinski definition) is 1. The summed E-state index contributed by atoms with van der Waals surface area (Å²) in [6.45, 7) is 2.12. The summed E-state index contributed by atoms with van der Waals surface area (Å²) in [6, 6.07) is 6.79. The first-order valence-corrected chi connectivity index (χ1v) is 7.68. The van der Waals surface area contributed by atoms with Gasteiger partial charge in [0.25, 0.3) is 0 Å². The number of fused-ring (bicyclic) bond motifs is 1. The summed E-state index contributed by atoms with van der Waals surface area (Å²) in [7, 11) is 0. The molecule has 20 heavy (non-hydrogen) atoms. The van der Waals surface area contributed by atoms with Gasteiger partial charge in [-0.15, -0.1) is 0 Å². The van der Waals surface area contributed by atoms with Crippen molar-refractivity contribution in [1.29, 1.82) is 0 Å². The topological polar surface area (TPSA) is 29.9 Å². The van der Waals surface area contributed by atoms with Gasteiger partial charge in [-0.25, -0.2) is 4.98 Å². The Morgan fingerprint density at radius 3 is 3.15 bits per heavy atom. The lowest BCUT2D eigenvalue weighted by atomic mass is 10.1. The fourth-order valence-corrected chi connectivity index (χ4v) is 3.11. The van der Waals surface area contributed by atoms with Crippen molar-refractivity contribution in [3.8, 4) is 0 Å². The fourth-order valence-electron chi connectivity index (χ4n) is 2.91. The highest BCUT2D eigenvalue weighted by atomic mass is 35.5. The Labute approximate surface area is 125 Å². The van der Waals surface area contributed by atoms with Gasteiger partial charge < -0.3 is 9.88 Å². The number of unbranched alkanes of at least 4 members (excludes halogenated alkanes) is 1. The number of aromatic nitrogens is 2. The van der Waals surface area contributed by atoms with E-state index in [9.17, 15) is 0 Å². The SMILES string of the molecule is Clc1ccc2c(c1)CCC2NCCCCn1ccnc1.